The average molecular weight is 312 g/mol. The van der Waals surface area contributed by atoms with E-state index in [9.17, 15) is 12.9 Å². The van der Waals surface area contributed by atoms with E-state index in [1.165, 1.54) is 38.3 Å². The number of aryl methyl sites for hydroxylation is 1. The van der Waals surface area contributed by atoms with Gasteiger partial charge in [-0.1, -0.05) is 44.2 Å². The Hall–Kier alpha value is 0.511. The van der Waals surface area contributed by atoms with E-state index in [0.717, 1.165) is 18.9 Å². The molecule has 20 heavy (non-hydrogen) atoms. The zero-order valence-corrected chi connectivity index (χ0v) is 15.7. The third kappa shape index (κ3) is 7.50. The summed E-state index contributed by atoms with van der Waals surface area (Å²) in [6.07, 6.45) is 5.66. The molecule has 0 aliphatic rings. The van der Waals surface area contributed by atoms with Crippen LogP contribution in [-0.2, 0) is 0 Å². The molecule has 0 radical (unpaired) electrons. The number of hydrogen-bond donors (Lipinski definition) is 0. The maximum absolute atomic E-state index is 12.6. The van der Waals surface area contributed by atoms with Gasteiger partial charge in [-0.05, 0) is 25.5 Å². The molecule has 0 bridgehead atoms. The second kappa shape index (κ2) is 10.3. The third-order valence-electron chi connectivity index (χ3n) is 3.11. The largest absolute Gasteiger partial charge is 1.00 e. The maximum atomic E-state index is 12.6. The van der Waals surface area contributed by atoms with Crippen molar-refractivity contribution in [2.45, 2.75) is 46.0 Å². The number of benzene rings is 1. The predicted molar refractivity (Wildman–Crippen MR) is 74.1 cm³/mol. The van der Waals surface area contributed by atoms with Crippen LogP contribution in [0.2, 0.25) is 0 Å². The zero-order valence-electron chi connectivity index (χ0n) is 12.6. The Labute approximate surface area is 162 Å². The fourth-order valence-corrected chi connectivity index (χ4v) is 2.00. The minimum absolute atomic E-state index is 0. The van der Waals surface area contributed by atoms with Crippen molar-refractivity contribution in [1.29, 1.82) is 0 Å². The number of ether oxygens (including phenoxy) is 1. The van der Waals surface area contributed by atoms with Gasteiger partial charge in [0.15, 0.2) is 0 Å². The second-order valence-electron chi connectivity index (χ2n) is 4.86. The van der Waals surface area contributed by atoms with Crippen molar-refractivity contribution in [2.24, 2.45) is 0 Å². The fraction of sp³-hybridized carbons (Fsp3) is 0.571. The van der Waals surface area contributed by atoms with Gasteiger partial charge in [-0.3, -0.25) is 0 Å². The molecule has 6 heteroatoms. The Balaban J connectivity index is 0.00000361. The molecule has 1 aromatic carbocycles. The molecule has 1 rings (SSSR count). The first-order chi connectivity index (χ1) is 8.95. The van der Waals surface area contributed by atoms with Gasteiger partial charge < -0.3 is 17.7 Å². The van der Waals surface area contributed by atoms with Crippen molar-refractivity contribution in [3.05, 3.63) is 23.8 Å². The van der Waals surface area contributed by atoms with Gasteiger partial charge in [0.25, 0.3) is 0 Å². The summed E-state index contributed by atoms with van der Waals surface area (Å²) in [6, 6.07) is 3.99. The van der Waals surface area contributed by atoms with E-state index >= 15 is 0 Å². The molecule has 0 aliphatic carbocycles. The van der Waals surface area contributed by atoms with E-state index in [0.29, 0.717) is 12.4 Å². The van der Waals surface area contributed by atoms with Crippen LogP contribution in [0.5, 0.6) is 5.75 Å². The van der Waals surface area contributed by atoms with E-state index in [-0.39, 0.29) is 56.9 Å². The fourth-order valence-electron chi connectivity index (χ4n) is 2.00. The van der Waals surface area contributed by atoms with Gasteiger partial charge in [0, 0.05) is 0 Å². The van der Waals surface area contributed by atoms with Crippen molar-refractivity contribution in [3.8, 4) is 5.75 Å². The summed E-state index contributed by atoms with van der Waals surface area (Å²) < 4.78 is 43.4. The third-order valence-corrected chi connectivity index (χ3v) is 3.11. The number of rotatable bonds is 8. The molecule has 0 aromatic heterocycles. The minimum atomic E-state index is -4.93. The zero-order chi connectivity index (χ0) is 14.3. The van der Waals surface area contributed by atoms with Crippen LogP contribution in [0.3, 0.4) is 0 Å². The van der Waals surface area contributed by atoms with Crippen molar-refractivity contribution in [1.82, 2.24) is 0 Å². The van der Waals surface area contributed by atoms with Crippen LogP contribution in [0.4, 0.5) is 12.9 Å². The summed E-state index contributed by atoms with van der Waals surface area (Å²) in [5.74, 6) is 0.525. The number of unbranched alkanes of at least 4 members (excludes halogenated alkanes) is 4. The van der Waals surface area contributed by atoms with Crippen molar-refractivity contribution >= 4 is 12.4 Å². The summed E-state index contributed by atoms with van der Waals surface area (Å²) in [7, 11) is 0. The molecule has 0 saturated heterocycles. The molecule has 0 unspecified atom stereocenters. The van der Waals surface area contributed by atoms with Crippen LogP contribution in [0, 0.1) is 6.92 Å². The van der Waals surface area contributed by atoms with Crippen LogP contribution >= 0.6 is 0 Å². The molecule has 0 fully saturated rings. The van der Waals surface area contributed by atoms with Crippen LogP contribution < -0.4 is 61.6 Å². The van der Waals surface area contributed by atoms with Gasteiger partial charge in [-0.15, -0.1) is 5.46 Å². The first kappa shape index (κ1) is 20.5. The molecule has 0 N–H and O–H groups in total. The molecular weight excluding hydrogens is 291 g/mol. The summed E-state index contributed by atoms with van der Waals surface area (Å²) in [4.78, 5) is 0. The summed E-state index contributed by atoms with van der Waals surface area (Å²) in [5, 5.41) is 0. The maximum Gasteiger partial charge on any atom is 1.00 e. The molecule has 0 amide bonds. The van der Waals surface area contributed by atoms with Crippen molar-refractivity contribution in [3.63, 3.8) is 0 Å². The van der Waals surface area contributed by atoms with Gasteiger partial charge in [-0.2, -0.15) is 0 Å². The number of hydrogen-bond acceptors (Lipinski definition) is 1. The predicted octanol–water partition coefficient (Wildman–Crippen LogP) is 1.40. The Morgan fingerprint density at radius 3 is 2.25 bits per heavy atom. The molecular formula is C14H21BF3KO. The van der Waals surface area contributed by atoms with Gasteiger partial charge >= 0.3 is 58.4 Å². The Bertz CT molecular complexity index is 396. The molecule has 0 aliphatic heterocycles. The van der Waals surface area contributed by atoms with Crippen LogP contribution in [0.25, 0.3) is 0 Å². The monoisotopic (exact) mass is 312 g/mol. The van der Waals surface area contributed by atoms with Crippen molar-refractivity contribution < 1.29 is 69.1 Å². The molecule has 0 saturated carbocycles. The van der Waals surface area contributed by atoms with Crippen LogP contribution in [0.15, 0.2) is 18.2 Å². The minimum Gasteiger partial charge on any atom is -0.494 e. The Morgan fingerprint density at radius 2 is 1.70 bits per heavy atom. The normalized spacial score (nSPS) is 11.1. The molecule has 0 spiro atoms. The quantitative estimate of drug-likeness (QED) is 0.521. The molecule has 0 heterocycles. The topological polar surface area (TPSA) is 9.23 Å². The van der Waals surface area contributed by atoms with Gasteiger partial charge in [0.05, 0.1) is 6.61 Å². The first-order valence-corrected chi connectivity index (χ1v) is 6.88. The Kier molecular flexibility index (Phi) is 10.5. The summed E-state index contributed by atoms with van der Waals surface area (Å²) in [5.41, 5.74) is -0.300. The standard InChI is InChI=1S/C14H21BF3O.K/c1-3-4-5-6-7-10-19-13-8-9-14(12(2)11-13)15(16,17)18;/h8-9,11H,3-7,10H2,1-2H3;/q-1;+1. The van der Waals surface area contributed by atoms with Gasteiger partial charge in [0.1, 0.15) is 5.75 Å². The molecule has 0 atom stereocenters. The Morgan fingerprint density at radius 1 is 1.05 bits per heavy atom. The summed E-state index contributed by atoms with van der Waals surface area (Å²) in [6.45, 7) is -0.732. The van der Waals surface area contributed by atoms with E-state index in [4.69, 9.17) is 4.74 Å². The van der Waals surface area contributed by atoms with E-state index < -0.39 is 12.4 Å². The molecule has 1 aromatic rings. The van der Waals surface area contributed by atoms with Gasteiger partial charge in [0.2, 0.25) is 0 Å². The number of halogens is 3. The van der Waals surface area contributed by atoms with E-state index in [1.54, 1.807) is 0 Å². The SMILES string of the molecule is CCCCCCCOc1ccc([B-](F)(F)F)c(C)c1.[K+]. The molecule has 1 nitrogen and oxygen atoms in total. The summed E-state index contributed by atoms with van der Waals surface area (Å²) >= 11 is 0. The first-order valence-electron chi connectivity index (χ1n) is 6.88. The van der Waals surface area contributed by atoms with Crippen LogP contribution in [-0.4, -0.2) is 13.6 Å². The van der Waals surface area contributed by atoms with Gasteiger partial charge in [-0.25, -0.2) is 0 Å². The second-order valence-corrected chi connectivity index (χ2v) is 4.86. The van der Waals surface area contributed by atoms with Crippen molar-refractivity contribution in [2.75, 3.05) is 6.61 Å². The van der Waals surface area contributed by atoms with E-state index in [1.807, 2.05) is 0 Å². The average Bonchev–Trinajstić information content (AvgIpc) is 2.32. The van der Waals surface area contributed by atoms with E-state index in [2.05, 4.69) is 6.92 Å². The molecule has 108 valence electrons. The van der Waals surface area contributed by atoms with Crippen LogP contribution in [0.1, 0.15) is 44.6 Å². The smallest absolute Gasteiger partial charge is 0.494 e.